The van der Waals surface area contributed by atoms with Crippen LogP contribution < -0.4 is 22.1 Å². The van der Waals surface area contributed by atoms with E-state index in [1.807, 2.05) is 0 Å². The van der Waals surface area contributed by atoms with E-state index in [2.05, 4.69) is 33.0 Å². The first-order chi connectivity index (χ1) is 19.1. The minimum Gasteiger partial charge on any atom is -0.363 e. The van der Waals surface area contributed by atoms with Crippen molar-refractivity contribution in [3.63, 3.8) is 0 Å². The predicted octanol–water partition coefficient (Wildman–Crippen LogP) is 7.79. The molecule has 0 atom stereocenters. The maximum absolute atomic E-state index is 5.60. The van der Waals surface area contributed by atoms with Crippen molar-refractivity contribution in [1.29, 1.82) is 0 Å². The molecule has 226 valence electrons. The molecule has 0 amide bonds. The van der Waals surface area contributed by atoms with Gasteiger partial charge < -0.3 is 22.1 Å². The van der Waals surface area contributed by atoms with E-state index >= 15 is 0 Å². The van der Waals surface area contributed by atoms with Crippen molar-refractivity contribution in [2.75, 3.05) is 19.6 Å². The van der Waals surface area contributed by atoms with Crippen LogP contribution in [0.4, 0.5) is 0 Å². The van der Waals surface area contributed by atoms with Gasteiger partial charge in [0.25, 0.3) is 0 Å². The number of unbranched alkanes of at least 4 members (excludes halogenated alkanes) is 3. The molecule has 3 saturated carbocycles. The second-order valence-electron chi connectivity index (χ2n) is 11.6. The van der Waals surface area contributed by atoms with E-state index in [-0.39, 0.29) is 0 Å². The van der Waals surface area contributed by atoms with Crippen LogP contribution in [0.5, 0.6) is 0 Å². The van der Waals surface area contributed by atoms with Crippen molar-refractivity contribution >= 4 is 51.8 Å². The average molecular weight is 598 g/mol. The second kappa shape index (κ2) is 26.4. The molecule has 0 heterocycles. The lowest BCUT2D eigenvalue weighted by atomic mass is 9.85. The van der Waals surface area contributed by atoms with Crippen molar-refractivity contribution in [3.05, 3.63) is 0 Å². The van der Waals surface area contributed by atoms with Gasteiger partial charge in [-0.2, -0.15) is 0 Å². The number of isothiocyanates is 1. The first kappa shape index (κ1) is 36.5. The monoisotopic (exact) mass is 597 g/mol. The summed E-state index contributed by atoms with van der Waals surface area (Å²) in [5.41, 5.74) is 10.3. The maximum atomic E-state index is 5.60. The number of hydrogen-bond acceptors (Lipinski definition) is 6. The molecule has 0 aromatic carbocycles. The molecule has 0 aromatic rings. The lowest BCUT2D eigenvalue weighted by Crippen LogP contribution is -2.42. The summed E-state index contributed by atoms with van der Waals surface area (Å²) >= 11 is 15.5. The smallest absolute Gasteiger partial charge is 0.166 e. The van der Waals surface area contributed by atoms with Crippen molar-refractivity contribution in [1.82, 2.24) is 10.6 Å². The van der Waals surface area contributed by atoms with Gasteiger partial charge in [0.1, 0.15) is 0 Å². The van der Waals surface area contributed by atoms with E-state index in [0.717, 1.165) is 49.9 Å². The highest BCUT2D eigenvalue weighted by Gasteiger charge is 2.15. The Labute approximate surface area is 256 Å². The van der Waals surface area contributed by atoms with E-state index in [9.17, 15) is 0 Å². The molecule has 3 fully saturated rings. The minimum atomic E-state index is 0.510. The number of hydrogen-bond donors (Lipinski definition) is 4. The molecule has 0 bridgehead atoms. The predicted molar refractivity (Wildman–Crippen MR) is 182 cm³/mol. The molecular formula is C31H59N5S3. The number of thiocarbonyl (C=S) groups is 3. The largest absolute Gasteiger partial charge is 0.363 e. The molecule has 6 N–H and O–H groups in total. The van der Waals surface area contributed by atoms with Crippen LogP contribution in [0.3, 0.4) is 0 Å². The van der Waals surface area contributed by atoms with Crippen LogP contribution in [-0.2, 0) is 0 Å². The summed E-state index contributed by atoms with van der Waals surface area (Å²) in [5, 5.41) is 10.1. The number of nitrogens with one attached hydrogen (secondary N) is 2. The number of nitrogens with zero attached hydrogens (tertiary/aromatic N) is 1. The van der Waals surface area contributed by atoms with Crippen LogP contribution in [0.15, 0.2) is 4.99 Å². The van der Waals surface area contributed by atoms with Crippen molar-refractivity contribution in [3.8, 4) is 0 Å². The number of aliphatic imine (C=N–C) groups is 1. The highest BCUT2D eigenvalue weighted by molar-refractivity contribution is 7.80. The summed E-state index contributed by atoms with van der Waals surface area (Å²) in [4.78, 5) is 5.37. The number of nitrogens with two attached hydrogens (primary N) is 2. The summed E-state index contributed by atoms with van der Waals surface area (Å²) < 4.78 is 0. The van der Waals surface area contributed by atoms with Gasteiger partial charge in [-0.05, 0) is 113 Å². The molecule has 3 rings (SSSR count). The zero-order valence-corrected chi connectivity index (χ0v) is 27.2. The van der Waals surface area contributed by atoms with Gasteiger partial charge in [0.2, 0.25) is 0 Å². The third-order valence-electron chi connectivity index (χ3n) is 8.07. The van der Waals surface area contributed by atoms with Gasteiger partial charge in [-0.25, -0.2) is 4.99 Å². The van der Waals surface area contributed by atoms with Crippen LogP contribution in [0.25, 0.3) is 0 Å². The van der Waals surface area contributed by atoms with E-state index in [0.29, 0.717) is 12.1 Å². The SMILES string of the molecule is NCCCCN.S=C(CCCCCNC(=S)NC1CCCCC1)CC1CCCCC1.S=C=NC1CCCCC1. The summed E-state index contributed by atoms with van der Waals surface area (Å²) in [6, 6.07) is 1.12. The number of rotatable bonds is 13. The average Bonchev–Trinajstić information content (AvgIpc) is 2.96. The van der Waals surface area contributed by atoms with Gasteiger partial charge in [0, 0.05) is 12.6 Å². The van der Waals surface area contributed by atoms with Crippen molar-refractivity contribution < 1.29 is 0 Å². The molecule has 39 heavy (non-hydrogen) atoms. The molecule has 0 radical (unpaired) electrons. The van der Waals surface area contributed by atoms with E-state index in [1.165, 1.54) is 127 Å². The third-order valence-corrected chi connectivity index (χ3v) is 8.81. The second-order valence-corrected chi connectivity index (χ2v) is 12.8. The molecule has 8 heteroatoms. The fourth-order valence-electron chi connectivity index (χ4n) is 5.70. The topological polar surface area (TPSA) is 88.5 Å². The zero-order chi connectivity index (χ0) is 28.4. The molecular weight excluding hydrogens is 539 g/mol. The molecule has 5 nitrogen and oxygen atoms in total. The molecule has 0 aromatic heterocycles. The van der Waals surface area contributed by atoms with E-state index in [1.54, 1.807) is 0 Å². The van der Waals surface area contributed by atoms with Crippen molar-refractivity contribution in [2.24, 2.45) is 22.4 Å². The Balaban J connectivity index is 0.000000413. The van der Waals surface area contributed by atoms with Gasteiger partial charge in [-0.15, -0.1) is 0 Å². The molecule has 0 unspecified atom stereocenters. The fourth-order valence-corrected chi connectivity index (χ4v) is 6.50. The Morgan fingerprint density at radius 1 is 0.718 bits per heavy atom. The fraction of sp³-hybridized carbons (Fsp3) is 0.903. The zero-order valence-electron chi connectivity index (χ0n) is 24.7. The molecule has 3 aliphatic rings. The Morgan fingerprint density at radius 3 is 1.85 bits per heavy atom. The highest BCUT2D eigenvalue weighted by atomic mass is 32.1. The molecule has 3 aliphatic carbocycles. The van der Waals surface area contributed by atoms with Crippen LogP contribution in [0, 0.1) is 5.92 Å². The molecule has 0 saturated heterocycles. The lowest BCUT2D eigenvalue weighted by molar-refractivity contribution is 0.368. The van der Waals surface area contributed by atoms with Crippen LogP contribution in [0.1, 0.15) is 141 Å². The summed E-state index contributed by atoms with van der Waals surface area (Å²) in [7, 11) is 0. The van der Waals surface area contributed by atoms with Gasteiger partial charge in [-0.1, -0.05) is 89.3 Å². The van der Waals surface area contributed by atoms with E-state index in [4.69, 9.17) is 35.9 Å². The Hall–Kier alpha value is -0.500. The normalized spacial score (nSPS) is 18.4. The highest BCUT2D eigenvalue weighted by Crippen LogP contribution is 2.27. The summed E-state index contributed by atoms with van der Waals surface area (Å²) in [6.07, 6.45) is 28.4. The van der Waals surface area contributed by atoms with Crippen LogP contribution in [0.2, 0.25) is 0 Å². The quantitative estimate of drug-likeness (QED) is 0.0979. The minimum absolute atomic E-state index is 0.510. The standard InChI is InChI=1S/C20H36N2S2.C7H11NS.C4H12N2/c23-19(16-17-10-4-1-5-11-17)14-8-3-9-15-21-20(24)22-18-12-6-2-7-13-18;9-6-8-7-4-2-1-3-5-7;5-3-1-2-4-6/h17-18H,1-16H2,(H2,21,22,24);7H,1-5H2;1-6H2. The Kier molecular flexibility index (Phi) is 24.7. The van der Waals surface area contributed by atoms with Gasteiger partial charge in [0.15, 0.2) is 5.11 Å². The first-order valence-corrected chi connectivity index (χ1v) is 17.3. The van der Waals surface area contributed by atoms with Crippen molar-refractivity contribution in [2.45, 2.75) is 153 Å². The Morgan fingerprint density at radius 2 is 1.28 bits per heavy atom. The molecule has 0 spiro atoms. The first-order valence-electron chi connectivity index (χ1n) is 16.1. The summed E-state index contributed by atoms with van der Waals surface area (Å²) in [5.74, 6) is 0.899. The lowest BCUT2D eigenvalue weighted by Gasteiger charge is -2.24. The van der Waals surface area contributed by atoms with Gasteiger partial charge in [0.05, 0.1) is 11.2 Å². The van der Waals surface area contributed by atoms with Gasteiger partial charge >= 0.3 is 0 Å². The maximum Gasteiger partial charge on any atom is 0.166 e. The van der Waals surface area contributed by atoms with Crippen LogP contribution >= 0.6 is 36.7 Å². The molecule has 0 aliphatic heterocycles. The third kappa shape index (κ3) is 21.9. The Bertz CT molecular complexity index is 611. The van der Waals surface area contributed by atoms with Gasteiger partial charge in [-0.3, -0.25) is 0 Å². The summed E-state index contributed by atoms with van der Waals surface area (Å²) in [6.45, 7) is 2.54. The van der Waals surface area contributed by atoms with E-state index < -0.39 is 0 Å². The van der Waals surface area contributed by atoms with Crippen LogP contribution in [-0.4, -0.2) is 46.9 Å².